The van der Waals surface area contributed by atoms with E-state index >= 15 is 0 Å². The molecule has 0 aliphatic carbocycles. The van der Waals surface area contributed by atoms with Gasteiger partial charge in [-0.2, -0.15) is 5.26 Å². The van der Waals surface area contributed by atoms with Gasteiger partial charge in [-0.15, -0.1) is 0 Å². The van der Waals surface area contributed by atoms with Crippen molar-refractivity contribution >= 4 is 17.0 Å². The molecule has 1 fully saturated rings. The van der Waals surface area contributed by atoms with Gasteiger partial charge in [0, 0.05) is 25.3 Å². The highest BCUT2D eigenvalue weighted by atomic mass is 19.1. The molecule has 9 heteroatoms. The number of aromatic nitrogens is 2. The fourth-order valence-corrected chi connectivity index (χ4v) is 5.79. The Bertz CT molecular complexity index is 1750. The first-order chi connectivity index (χ1) is 21.1. The molecular formula is C35H37FN4O4. The lowest BCUT2D eigenvalue weighted by Crippen LogP contribution is -2.34. The van der Waals surface area contributed by atoms with Gasteiger partial charge in [0.2, 0.25) is 0 Å². The van der Waals surface area contributed by atoms with Crippen molar-refractivity contribution in [1.29, 1.82) is 5.26 Å². The number of halogens is 1. The molecule has 0 amide bonds. The van der Waals surface area contributed by atoms with E-state index in [1.54, 1.807) is 25.1 Å². The average Bonchev–Trinajstić information content (AvgIpc) is 3.29. The number of carbonyl (C=O) groups excluding carboxylic acids is 1. The average molecular weight is 597 g/mol. The SMILES string of the molecule is C[C@@H](Oc1ccc2c(c1)CN(Cc1nc3ccc(C(=O)OC(C)(C)C)cc3n1C[C@@H]1CCO1)CC2)c1ccc(C#N)cc1F. The Hall–Kier alpha value is -4.26. The van der Waals surface area contributed by atoms with Crippen molar-refractivity contribution in [3.05, 3.63) is 94.1 Å². The number of rotatable bonds is 8. The first-order valence-electron chi connectivity index (χ1n) is 15.1. The third kappa shape index (κ3) is 6.47. The van der Waals surface area contributed by atoms with Crippen LogP contribution in [0.3, 0.4) is 0 Å². The molecule has 8 nitrogen and oxygen atoms in total. The van der Waals surface area contributed by atoms with Gasteiger partial charge in [-0.05, 0) is 94.1 Å². The van der Waals surface area contributed by atoms with Crippen LogP contribution in [0.5, 0.6) is 5.75 Å². The minimum atomic E-state index is -0.579. The van der Waals surface area contributed by atoms with E-state index in [4.69, 9.17) is 24.5 Å². The molecule has 1 aromatic heterocycles. The van der Waals surface area contributed by atoms with Crippen LogP contribution in [0, 0.1) is 17.1 Å². The van der Waals surface area contributed by atoms with E-state index in [1.165, 1.54) is 17.2 Å². The molecule has 6 rings (SSSR count). The Labute approximate surface area is 257 Å². The van der Waals surface area contributed by atoms with Gasteiger partial charge < -0.3 is 18.8 Å². The lowest BCUT2D eigenvalue weighted by molar-refractivity contribution is -0.0592. The Balaban J connectivity index is 1.21. The van der Waals surface area contributed by atoms with Crippen LogP contribution in [0.1, 0.15) is 78.7 Å². The minimum absolute atomic E-state index is 0.126. The van der Waals surface area contributed by atoms with Crippen molar-refractivity contribution in [3.63, 3.8) is 0 Å². The van der Waals surface area contributed by atoms with Crippen LogP contribution < -0.4 is 4.74 Å². The molecule has 3 heterocycles. The van der Waals surface area contributed by atoms with Gasteiger partial charge in [0.05, 0.1) is 47.4 Å². The van der Waals surface area contributed by atoms with Crippen LogP contribution in [0.15, 0.2) is 54.6 Å². The van der Waals surface area contributed by atoms with E-state index in [0.717, 1.165) is 49.4 Å². The van der Waals surface area contributed by atoms with E-state index in [-0.39, 0.29) is 17.6 Å². The summed E-state index contributed by atoms with van der Waals surface area (Å²) in [4.78, 5) is 20.2. The number of hydrogen-bond donors (Lipinski definition) is 0. The Kier molecular flexibility index (Phi) is 8.14. The maximum absolute atomic E-state index is 14.6. The molecule has 0 spiro atoms. The third-order valence-electron chi connectivity index (χ3n) is 8.16. The van der Waals surface area contributed by atoms with Crippen LogP contribution in [-0.2, 0) is 35.5 Å². The topological polar surface area (TPSA) is 89.6 Å². The van der Waals surface area contributed by atoms with Crippen LogP contribution in [0.4, 0.5) is 4.39 Å². The molecule has 0 radical (unpaired) electrons. The Morgan fingerprint density at radius 3 is 2.68 bits per heavy atom. The van der Waals surface area contributed by atoms with Crippen molar-refractivity contribution in [1.82, 2.24) is 14.5 Å². The second-order valence-electron chi connectivity index (χ2n) is 12.6. The fourth-order valence-electron chi connectivity index (χ4n) is 5.79. The summed E-state index contributed by atoms with van der Waals surface area (Å²) in [5.74, 6) is 0.799. The second kappa shape index (κ2) is 12.0. The highest BCUT2D eigenvalue weighted by Gasteiger charge is 2.26. The van der Waals surface area contributed by atoms with Crippen LogP contribution in [-0.4, -0.2) is 45.3 Å². The zero-order valence-electron chi connectivity index (χ0n) is 25.6. The number of ether oxygens (including phenoxy) is 3. The van der Waals surface area contributed by atoms with Crippen molar-refractivity contribution < 1.29 is 23.4 Å². The van der Waals surface area contributed by atoms with Crippen molar-refractivity contribution in [2.45, 2.75) is 78.0 Å². The quantitative estimate of drug-likeness (QED) is 0.215. The summed E-state index contributed by atoms with van der Waals surface area (Å²) in [6.45, 7) is 11.1. The molecule has 3 aromatic carbocycles. The van der Waals surface area contributed by atoms with Gasteiger partial charge in [-0.1, -0.05) is 12.1 Å². The molecule has 0 saturated carbocycles. The molecule has 4 aromatic rings. The standard InChI is InChI=1S/C35H37FN4O4/c1-22(29-9-5-23(18-37)15-30(29)36)43-27-8-6-24-11-13-39(19-26(24)16-27)21-33-38-31-10-7-25(34(41)44-35(2,3)4)17-32(31)40(33)20-28-12-14-42-28/h5-10,15-17,22,28H,11-14,19-21H2,1-4H3/t22-,28+/m1/s1. The van der Waals surface area contributed by atoms with Crippen molar-refractivity contribution in [3.8, 4) is 11.8 Å². The number of benzene rings is 3. The lowest BCUT2D eigenvalue weighted by atomic mass is 9.99. The molecule has 228 valence electrons. The highest BCUT2D eigenvalue weighted by molar-refractivity contribution is 5.94. The number of carbonyl (C=O) groups is 1. The summed E-state index contributed by atoms with van der Waals surface area (Å²) in [5, 5.41) is 9.04. The summed E-state index contributed by atoms with van der Waals surface area (Å²) in [6, 6.07) is 18.0. The number of hydrogen-bond acceptors (Lipinski definition) is 7. The van der Waals surface area contributed by atoms with Crippen molar-refractivity contribution in [2.24, 2.45) is 0 Å². The lowest BCUT2D eigenvalue weighted by Gasteiger charge is -2.31. The van der Waals surface area contributed by atoms with Gasteiger partial charge in [0.15, 0.2) is 0 Å². The van der Waals surface area contributed by atoms with Crippen molar-refractivity contribution in [2.75, 3.05) is 13.2 Å². The molecule has 2 aliphatic rings. The van der Waals surface area contributed by atoms with Gasteiger partial charge >= 0.3 is 5.97 Å². The second-order valence-corrected chi connectivity index (χ2v) is 12.6. The zero-order chi connectivity index (χ0) is 31.0. The molecule has 1 saturated heterocycles. The van der Waals surface area contributed by atoms with Gasteiger partial charge in [0.25, 0.3) is 0 Å². The summed E-state index contributed by atoms with van der Waals surface area (Å²) in [5.41, 5.74) is 4.79. The predicted molar refractivity (Wildman–Crippen MR) is 164 cm³/mol. The van der Waals surface area contributed by atoms with E-state index in [1.807, 2.05) is 51.1 Å². The Morgan fingerprint density at radius 1 is 1.16 bits per heavy atom. The minimum Gasteiger partial charge on any atom is -0.486 e. The molecular weight excluding hydrogens is 559 g/mol. The fraction of sp³-hybridized carbons (Fsp3) is 0.400. The smallest absolute Gasteiger partial charge is 0.338 e. The van der Waals surface area contributed by atoms with Crippen LogP contribution in [0.25, 0.3) is 11.0 Å². The maximum Gasteiger partial charge on any atom is 0.338 e. The molecule has 44 heavy (non-hydrogen) atoms. The van der Waals surface area contributed by atoms with Crippen LogP contribution in [0.2, 0.25) is 0 Å². The molecule has 0 N–H and O–H groups in total. The highest BCUT2D eigenvalue weighted by Crippen LogP contribution is 2.30. The monoisotopic (exact) mass is 596 g/mol. The first kappa shape index (κ1) is 29.8. The molecule has 0 bridgehead atoms. The summed E-state index contributed by atoms with van der Waals surface area (Å²) in [7, 11) is 0. The molecule has 0 unspecified atom stereocenters. The van der Waals surface area contributed by atoms with E-state index in [9.17, 15) is 9.18 Å². The zero-order valence-corrected chi connectivity index (χ0v) is 25.6. The summed E-state index contributed by atoms with van der Waals surface area (Å²) >= 11 is 0. The number of nitriles is 1. The molecule has 2 aliphatic heterocycles. The Morgan fingerprint density at radius 2 is 1.98 bits per heavy atom. The van der Waals surface area contributed by atoms with Gasteiger partial charge in [0.1, 0.15) is 29.1 Å². The van der Waals surface area contributed by atoms with Crippen LogP contribution >= 0.6 is 0 Å². The number of imidazole rings is 1. The van der Waals surface area contributed by atoms with E-state index in [0.29, 0.717) is 30.0 Å². The number of esters is 1. The third-order valence-corrected chi connectivity index (χ3v) is 8.16. The van der Waals surface area contributed by atoms with Gasteiger partial charge in [-0.3, -0.25) is 4.90 Å². The summed E-state index contributed by atoms with van der Waals surface area (Å²) < 4.78 is 34.3. The normalized spacial score (nSPS) is 17.4. The first-order valence-corrected chi connectivity index (χ1v) is 15.1. The van der Waals surface area contributed by atoms with E-state index < -0.39 is 17.5 Å². The predicted octanol–water partition coefficient (Wildman–Crippen LogP) is 6.49. The largest absolute Gasteiger partial charge is 0.486 e. The number of nitrogens with zero attached hydrogens (tertiary/aromatic N) is 4. The molecule has 2 atom stereocenters. The number of fused-ring (bicyclic) bond motifs is 2. The summed E-state index contributed by atoms with van der Waals surface area (Å²) in [6.07, 6.45) is 1.50. The van der Waals surface area contributed by atoms with E-state index in [2.05, 4.69) is 15.5 Å². The van der Waals surface area contributed by atoms with Gasteiger partial charge in [-0.25, -0.2) is 14.2 Å². The maximum atomic E-state index is 14.6.